The van der Waals surface area contributed by atoms with Crippen molar-refractivity contribution in [2.24, 2.45) is 5.92 Å². The van der Waals surface area contributed by atoms with Gasteiger partial charge in [-0.25, -0.2) is 9.55 Å². The van der Waals surface area contributed by atoms with Gasteiger partial charge >= 0.3 is 6.18 Å². The van der Waals surface area contributed by atoms with Gasteiger partial charge in [-0.1, -0.05) is 44.2 Å². The van der Waals surface area contributed by atoms with Gasteiger partial charge in [0.05, 0.1) is 11.0 Å². The van der Waals surface area contributed by atoms with Crippen LogP contribution in [0.1, 0.15) is 49.7 Å². The zero-order valence-electron chi connectivity index (χ0n) is 15.2. The van der Waals surface area contributed by atoms with E-state index >= 15 is 0 Å². The zero-order valence-corrected chi connectivity index (χ0v) is 15.2. The van der Waals surface area contributed by atoms with Crippen molar-refractivity contribution < 1.29 is 22.8 Å². The van der Waals surface area contributed by atoms with Crippen molar-refractivity contribution >= 4 is 28.8 Å². The summed E-state index contributed by atoms with van der Waals surface area (Å²) in [5.74, 6) is -1.96. The summed E-state index contributed by atoms with van der Waals surface area (Å²) in [6.07, 6.45) is 0.804. The maximum absolute atomic E-state index is 13.9. The third-order valence-electron chi connectivity index (χ3n) is 5.64. The van der Waals surface area contributed by atoms with Gasteiger partial charge in [0.25, 0.3) is 11.6 Å². The quantitative estimate of drug-likeness (QED) is 0.826. The number of nitrogens with one attached hydrogen (secondary N) is 2. The van der Waals surface area contributed by atoms with E-state index in [1.165, 1.54) is 6.07 Å². The lowest BCUT2D eigenvalue weighted by Crippen LogP contribution is -2.67. The third-order valence-corrected chi connectivity index (χ3v) is 5.64. The second-order valence-corrected chi connectivity index (χ2v) is 7.53. The maximum Gasteiger partial charge on any atom is 0.440 e. The molecule has 2 aromatic rings. The molecule has 150 valence electrons. The molecule has 2 N–H and O–H groups in total. The second kappa shape index (κ2) is 6.79. The van der Waals surface area contributed by atoms with Gasteiger partial charge in [-0.2, -0.15) is 13.2 Å². The molecule has 1 aromatic heterocycles. The van der Waals surface area contributed by atoms with Crippen LogP contribution >= 0.6 is 0 Å². The minimum Gasteiger partial charge on any atom is -0.318 e. The highest BCUT2D eigenvalue weighted by Crippen LogP contribution is 2.39. The Morgan fingerprint density at radius 1 is 1.25 bits per heavy atom. The molecule has 1 fully saturated rings. The molecule has 1 atom stereocenters. The minimum absolute atomic E-state index is 0.0412. The van der Waals surface area contributed by atoms with E-state index in [1.54, 1.807) is 18.2 Å². The largest absolute Gasteiger partial charge is 0.440 e. The predicted octanol–water partition coefficient (Wildman–Crippen LogP) is 3.84. The van der Waals surface area contributed by atoms with Gasteiger partial charge in [-0.15, -0.1) is 0 Å². The summed E-state index contributed by atoms with van der Waals surface area (Å²) in [6, 6.07) is 6.41. The molecule has 4 rings (SSSR count). The maximum atomic E-state index is 13.9. The van der Waals surface area contributed by atoms with Crippen LogP contribution in [-0.2, 0) is 4.79 Å². The number of anilines is 1. The molecule has 1 amide bonds. The summed E-state index contributed by atoms with van der Waals surface area (Å²) in [5, 5.41) is 4.08. The lowest BCUT2D eigenvalue weighted by Gasteiger charge is -2.31. The monoisotopic (exact) mass is 394 g/mol. The molecule has 1 aliphatic carbocycles. The first kappa shape index (κ1) is 18.8. The number of fused-ring (bicyclic) bond motifs is 3. The Hall–Kier alpha value is -2.58. The van der Waals surface area contributed by atoms with Crippen molar-refractivity contribution in [2.45, 2.75) is 56.8 Å². The average Bonchev–Trinajstić information content (AvgIpc) is 3.15. The number of imidazole rings is 1. The molecule has 0 saturated heterocycles. The number of hydrogen-bond acceptors (Lipinski definition) is 4. The fraction of sp³-hybridized carbons (Fsp3) is 0.526. The molecule has 2 heterocycles. The Kier molecular flexibility index (Phi) is 4.55. The van der Waals surface area contributed by atoms with E-state index in [-0.39, 0.29) is 17.9 Å². The summed E-state index contributed by atoms with van der Waals surface area (Å²) < 4.78 is 42.7. The van der Waals surface area contributed by atoms with Crippen LogP contribution in [0.25, 0.3) is 11.0 Å². The number of nitrogens with zero attached hydrogens (tertiary/aromatic N) is 2. The molecule has 6 nitrogen and oxygen atoms in total. The number of aromatic nitrogens is 2. The van der Waals surface area contributed by atoms with Gasteiger partial charge < -0.3 is 10.6 Å². The van der Waals surface area contributed by atoms with E-state index in [9.17, 15) is 22.8 Å². The molecule has 28 heavy (non-hydrogen) atoms. The van der Waals surface area contributed by atoms with Gasteiger partial charge in [0.1, 0.15) is 0 Å². The Labute approximate surface area is 159 Å². The molecule has 1 saturated carbocycles. The van der Waals surface area contributed by atoms with Crippen molar-refractivity contribution in [2.75, 3.05) is 5.32 Å². The van der Waals surface area contributed by atoms with Crippen LogP contribution in [-0.4, -0.2) is 33.2 Å². The summed E-state index contributed by atoms with van der Waals surface area (Å²) in [4.78, 5) is 29.2. The fourth-order valence-corrected chi connectivity index (χ4v) is 4.13. The number of benzene rings is 1. The molecule has 2 aliphatic rings. The van der Waals surface area contributed by atoms with Crippen molar-refractivity contribution in [3.8, 4) is 0 Å². The van der Waals surface area contributed by atoms with Crippen molar-refractivity contribution in [3.05, 3.63) is 24.3 Å². The zero-order chi connectivity index (χ0) is 19.9. The van der Waals surface area contributed by atoms with E-state index < -0.39 is 23.7 Å². The van der Waals surface area contributed by atoms with Crippen LogP contribution in [0, 0.1) is 5.92 Å². The van der Waals surface area contributed by atoms with Crippen LogP contribution in [0.15, 0.2) is 24.3 Å². The number of para-hydroxylation sites is 2. The number of alkyl halides is 3. The summed E-state index contributed by atoms with van der Waals surface area (Å²) in [7, 11) is 0. The minimum atomic E-state index is -5.02. The highest BCUT2D eigenvalue weighted by Gasteiger charge is 2.66. The molecule has 9 heteroatoms. The average molecular weight is 394 g/mol. The predicted molar refractivity (Wildman–Crippen MR) is 96.7 cm³/mol. The SMILES string of the molecule is O=C(CCC1CCCCC1)NC1(C(F)(F)F)Nc2nc3ccccc3n2C1=O. The Bertz CT molecular complexity index is 918. The van der Waals surface area contributed by atoms with Crippen molar-refractivity contribution in [3.63, 3.8) is 0 Å². The number of halogens is 3. The topological polar surface area (TPSA) is 76.0 Å². The number of rotatable bonds is 4. The molecular weight excluding hydrogens is 373 g/mol. The Balaban J connectivity index is 1.56. The summed E-state index contributed by atoms with van der Waals surface area (Å²) in [6.45, 7) is 0. The Morgan fingerprint density at radius 3 is 2.68 bits per heavy atom. The van der Waals surface area contributed by atoms with Gasteiger partial charge in [0.15, 0.2) is 0 Å². The summed E-state index contributed by atoms with van der Waals surface area (Å²) in [5.41, 5.74) is -2.53. The first-order chi connectivity index (χ1) is 13.3. The number of carbonyl (C=O) groups is 2. The van der Waals surface area contributed by atoms with Crippen LogP contribution in [0.3, 0.4) is 0 Å². The highest BCUT2D eigenvalue weighted by molar-refractivity contribution is 6.06. The van der Waals surface area contributed by atoms with Crippen LogP contribution in [0.2, 0.25) is 0 Å². The molecule has 0 radical (unpaired) electrons. The standard InChI is InChI=1S/C19H21F3N4O2/c20-19(21,22)18(24-15(27)11-10-12-6-2-1-3-7-12)16(28)26-14-9-5-4-8-13(14)23-17(26)25-18/h4-5,8-9,12H,1-3,6-7,10-11H2,(H,23,25)(H,24,27). The number of amides is 1. The van der Waals surface area contributed by atoms with Gasteiger partial charge in [0, 0.05) is 6.42 Å². The highest BCUT2D eigenvalue weighted by atomic mass is 19.4. The molecule has 1 aromatic carbocycles. The molecule has 0 spiro atoms. The molecule has 1 unspecified atom stereocenters. The molecule has 0 bridgehead atoms. The first-order valence-corrected chi connectivity index (χ1v) is 9.50. The lowest BCUT2D eigenvalue weighted by molar-refractivity contribution is -0.176. The lowest BCUT2D eigenvalue weighted by atomic mass is 9.86. The number of hydrogen-bond donors (Lipinski definition) is 2. The number of carbonyl (C=O) groups excluding carboxylic acids is 2. The normalized spacial score (nSPS) is 22.9. The van der Waals surface area contributed by atoms with Crippen LogP contribution < -0.4 is 10.6 Å². The molecular formula is C19H21F3N4O2. The van der Waals surface area contributed by atoms with E-state index in [0.29, 0.717) is 17.9 Å². The van der Waals surface area contributed by atoms with E-state index in [1.807, 2.05) is 5.32 Å². The smallest absolute Gasteiger partial charge is 0.318 e. The third kappa shape index (κ3) is 3.02. The first-order valence-electron chi connectivity index (χ1n) is 9.50. The van der Waals surface area contributed by atoms with Gasteiger partial charge in [0.2, 0.25) is 11.9 Å². The fourth-order valence-electron chi connectivity index (χ4n) is 4.13. The van der Waals surface area contributed by atoms with E-state index in [4.69, 9.17) is 0 Å². The van der Waals surface area contributed by atoms with Gasteiger partial charge in [-0.05, 0) is 24.5 Å². The molecule has 1 aliphatic heterocycles. The second-order valence-electron chi connectivity index (χ2n) is 7.53. The van der Waals surface area contributed by atoms with Crippen LogP contribution in [0.4, 0.5) is 19.1 Å². The van der Waals surface area contributed by atoms with E-state index in [0.717, 1.165) is 36.7 Å². The van der Waals surface area contributed by atoms with Crippen molar-refractivity contribution in [1.82, 2.24) is 14.9 Å². The summed E-state index contributed by atoms with van der Waals surface area (Å²) >= 11 is 0. The van der Waals surface area contributed by atoms with Crippen molar-refractivity contribution in [1.29, 1.82) is 0 Å². The van der Waals surface area contributed by atoms with E-state index in [2.05, 4.69) is 10.3 Å². The Morgan fingerprint density at radius 2 is 1.96 bits per heavy atom. The van der Waals surface area contributed by atoms with Gasteiger partial charge in [-0.3, -0.25) is 9.59 Å². The van der Waals surface area contributed by atoms with Crippen LogP contribution in [0.5, 0.6) is 0 Å².